The predicted molar refractivity (Wildman–Crippen MR) is 330 cm³/mol. The fourth-order valence-electron chi connectivity index (χ4n) is 10.5. The minimum atomic E-state index is -0.573. The summed E-state index contributed by atoms with van der Waals surface area (Å²) in [4.78, 5) is 8.56. The Labute approximate surface area is 503 Å². The molecule has 0 bridgehead atoms. The Morgan fingerprint density at radius 1 is 0.481 bits per heavy atom. The van der Waals surface area contributed by atoms with Crippen LogP contribution < -0.4 is 19.3 Å². The number of benzene rings is 10. The molecule has 0 saturated carbocycles. The molecule has 0 amide bonds. The van der Waals surface area contributed by atoms with Gasteiger partial charge in [0.1, 0.15) is 17.3 Å². The summed E-state index contributed by atoms with van der Waals surface area (Å²) < 4.78 is 104. The van der Waals surface area contributed by atoms with E-state index >= 15 is 0 Å². The summed E-state index contributed by atoms with van der Waals surface area (Å²) in [6.07, 6.45) is 1.75. The van der Waals surface area contributed by atoms with Crippen molar-refractivity contribution in [1.29, 1.82) is 0 Å². The van der Waals surface area contributed by atoms with E-state index in [-0.39, 0.29) is 59.8 Å². The largest absolute Gasteiger partial charge is 0.509 e. The van der Waals surface area contributed by atoms with Gasteiger partial charge in [0, 0.05) is 89.7 Å². The second kappa shape index (κ2) is 21.6. The average molecular weight is 1240 g/mol. The first-order valence-electron chi connectivity index (χ1n) is 31.5. The summed E-state index contributed by atoms with van der Waals surface area (Å²) in [7, 11) is 0. The van der Waals surface area contributed by atoms with Gasteiger partial charge in [-0.1, -0.05) is 223 Å². The van der Waals surface area contributed by atoms with Crippen molar-refractivity contribution in [2.24, 2.45) is 0 Å². The standard InChI is InChI=1S/C74H59N4O2.Pt/c1-73(2,3)54-38-34-52(35-39-54)62-29-19-30-63(53-36-40-55(41-37-53)74(4,5)6)72(62)80-59-44-45-75-70(48-59)78-66-31-14-13-26-64(66)65-43-42-58(47-69(65)78)79-57-25-17-24-56(46-57)76-49-77(68-33-16-15-32-67(68)76)71-60(50-20-9-7-10-21-50)27-18-28-61(71)51-22-11-8-12-23-51;/h7-45,48-49H,1-6H3;/q-3;/i7D,8D,9D,10D,11D,12D,20D,21D,22D,23D;. The molecule has 2 aromatic heterocycles. The molecule has 0 radical (unpaired) electrons. The number of ether oxygens (including phenoxy) is 2. The normalized spacial score (nSPS) is 14.1. The summed E-state index contributed by atoms with van der Waals surface area (Å²) in [5.41, 5.74) is 10.00. The molecule has 0 atom stereocenters. The molecule has 12 aromatic rings. The van der Waals surface area contributed by atoms with Crippen LogP contribution in [-0.2, 0) is 31.9 Å². The molecule has 1 aliphatic rings. The van der Waals surface area contributed by atoms with Crippen LogP contribution in [0.2, 0.25) is 0 Å². The third-order valence-electron chi connectivity index (χ3n) is 14.5. The number of nitrogens with zero attached hydrogens (tertiary/aromatic N) is 4. The van der Waals surface area contributed by atoms with Gasteiger partial charge >= 0.3 is 0 Å². The van der Waals surface area contributed by atoms with E-state index in [0.717, 1.165) is 38.5 Å². The number of para-hydroxylation sites is 5. The molecule has 0 N–H and O–H groups in total. The minimum absolute atomic E-state index is 0. The van der Waals surface area contributed by atoms with Crippen molar-refractivity contribution in [1.82, 2.24) is 9.55 Å². The van der Waals surface area contributed by atoms with E-state index in [2.05, 4.69) is 137 Å². The number of fused-ring (bicyclic) bond motifs is 4. The van der Waals surface area contributed by atoms with Gasteiger partial charge in [-0.2, -0.15) is 12.1 Å². The molecular formula is C74H59N4O2Pt-3. The van der Waals surface area contributed by atoms with Gasteiger partial charge in [0.2, 0.25) is 0 Å². The average Bonchev–Trinajstić information content (AvgIpc) is 1.74. The first kappa shape index (κ1) is 42.0. The van der Waals surface area contributed by atoms with E-state index in [1.165, 1.54) is 11.1 Å². The molecule has 3 heterocycles. The van der Waals surface area contributed by atoms with Crippen LogP contribution in [0.1, 0.15) is 66.4 Å². The molecule has 400 valence electrons. The van der Waals surface area contributed by atoms with Crippen LogP contribution in [-0.4, -0.2) is 9.55 Å². The van der Waals surface area contributed by atoms with Crippen LogP contribution >= 0.6 is 0 Å². The van der Waals surface area contributed by atoms with Gasteiger partial charge in [0.05, 0.1) is 13.7 Å². The molecule has 7 heteroatoms. The van der Waals surface area contributed by atoms with Gasteiger partial charge in [-0.05, 0) is 73.9 Å². The summed E-state index contributed by atoms with van der Waals surface area (Å²) in [6.45, 7) is 15.0. The maximum Gasteiger partial charge on any atom is 0.143 e. The Hall–Kier alpha value is -8.96. The Morgan fingerprint density at radius 3 is 1.63 bits per heavy atom. The molecule has 81 heavy (non-hydrogen) atoms. The first-order chi connectivity index (χ1) is 43.1. The molecule has 10 aromatic carbocycles. The molecule has 13 rings (SSSR count). The van der Waals surface area contributed by atoms with Crippen LogP contribution in [0.5, 0.6) is 23.0 Å². The SMILES string of the molecule is [2H]c1c([2H])c([2H])c(-c2cccc(-c3c([2H])c([2H])c([2H])c([2H])c3[2H])c2N2[CH-]N(c3[c-]c(Oc4[c-]c5c(cc4)c4ccccc4n5-c4cc(Oc5c(-c6ccc(C(C)(C)C)cc6)cccc5-c5ccc(C(C)(C)C)cc5)ccn4)ccc3)c3ccccc32)c([2H])c1[2H].[Pt]. The third kappa shape index (κ3) is 10.2. The Balaban J connectivity index is 0.00000800. The first-order valence-corrected chi connectivity index (χ1v) is 26.5. The van der Waals surface area contributed by atoms with Crippen molar-refractivity contribution >= 4 is 44.6 Å². The zero-order chi connectivity index (χ0) is 63.2. The van der Waals surface area contributed by atoms with Crippen molar-refractivity contribution in [3.05, 3.63) is 272 Å². The van der Waals surface area contributed by atoms with Gasteiger partial charge in [0.15, 0.2) is 0 Å². The quantitative estimate of drug-likeness (QED) is 0.121. The predicted octanol–water partition coefficient (Wildman–Crippen LogP) is 20.0. The van der Waals surface area contributed by atoms with Crippen molar-refractivity contribution < 1.29 is 44.2 Å². The second-order valence-electron chi connectivity index (χ2n) is 21.8. The maximum atomic E-state index is 9.10. The Morgan fingerprint density at radius 2 is 1.02 bits per heavy atom. The molecule has 0 aliphatic carbocycles. The van der Waals surface area contributed by atoms with E-state index in [1.807, 2.05) is 77.7 Å². The van der Waals surface area contributed by atoms with Gasteiger partial charge in [0.25, 0.3) is 0 Å². The van der Waals surface area contributed by atoms with Crippen LogP contribution in [0.25, 0.3) is 72.1 Å². The number of rotatable bonds is 11. The minimum Gasteiger partial charge on any atom is -0.509 e. The van der Waals surface area contributed by atoms with Crippen molar-refractivity contribution in [2.75, 3.05) is 9.80 Å². The summed E-state index contributed by atoms with van der Waals surface area (Å²) in [5.74, 6) is 2.63. The second-order valence-corrected chi connectivity index (χ2v) is 21.8. The number of aromatic nitrogens is 2. The number of hydrogen-bond acceptors (Lipinski definition) is 5. The molecule has 0 fully saturated rings. The number of pyridine rings is 1. The molecule has 0 spiro atoms. The Bertz CT molecular complexity index is 4650. The van der Waals surface area contributed by atoms with Gasteiger partial charge in [-0.15, -0.1) is 48.1 Å². The Kier molecular flexibility index (Phi) is 11.2. The van der Waals surface area contributed by atoms with Gasteiger partial charge in [-0.3, -0.25) is 0 Å². The third-order valence-corrected chi connectivity index (χ3v) is 14.5. The molecule has 0 saturated heterocycles. The van der Waals surface area contributed by atoms with Crippen LogP contribution in [0.3, 0.4) is 0 Å². The van der Waals surface area contributed by atoms with E-state index < -0.39 is 60.4 Å². The zero-order valence-corrected chi connectivity index (χ0v) is 47.6. The summed E-state index contributed by atoms with van der Waals surface area (Å²) in [5, 5.41) is 1.90. The number of hydrogen-bond donors (Lipinski definition) is 0. The fraction of sp³-hybridized carbons (Fsp3) is 0.108. The molecule has 6 nitrogen and oxygen atoms in total. The number of anilines is 4. The van der Waals surface area contributed by atoms with E-state index in [0.29, 0.717) is 51.4 Å². The molecular weight excluding hydrogens is 1170 g/mol. The summed E-state index contributed by atoms with van der Waals surface area (Å²) >= 11 is 0. The van der Waals surface area contributed by atoms with Crippen molar-refractivity contribution in [2.45, 2.75) is 52.4 Å². The zero-order valence-electron chi connectivity index (χ0n) is 55.3. The molecule has 1 aliphatic heterocycles. The van der Waals surface area contributed by atoms with Crippen LogP contribution in [0.15, 0.2) is 243 Å². The van der Waals surface area contributed by atoms with E-state index in [9.17, 15) is 0 Å². The smallest absolute Gasteiger partial charge is 0.143 e. The van der Waals surface area contributed by atoms with E-state index in [1.54, 1.807) is 42.0 Å². The maximum absolute atomic E-state index is 9.10. The van der Waals surface area contributed by atoms with Gasteiger partial charge < -0.3 is 23.8 Å². The fourth-order valence-corrected chi connectivity index (χ4v) is 10.5. The van der Waals surface area contributed by atoms with Crippen LogP contribution in [0, 0.1) is 18.8 Å². The monoisotopic (exact) mass is 1240 g/mol. The summed E-state index contributed by atoms with van der Waals surface area (Å²) in [6, 6.07) is 59.0. The topological polar surface area (TPSA) is 42.8 Å². The van der Waals surface area contributed by atoms with Gasteiger partial charge in [-0.25, -0.2) is 4.98 Å². The van der Waals surface area contributed by atoms with Crippen molar-refractivity contribution in [3.8, 4) is 73.3 Å². The van der Waals surface area contributed by atoms with E-state index in [4.69, 9.17) is 28.2 Å². The van der Waals surface area contributed by atoms with Crippen LogP contribution in [0.4, 0.5) is 22.7 Å². The molecule has 0 unspecified atom stereocenters. The van der Waals surface area contributed by atoms with Crippen molar-refractivity contribution in [3.63, 3.8) is 0 Å².